The first-order chi connectivity index (χ1) is 4.74. The summed E-state index contributed by atoms with van der Waals surface area (Å²) in [5.41, 5.74) is 0.966. The van der Waals surface area contributed by atoms with E-state index in [0.29, 0.717) is 5.89 Å². The minimum absolute atomic E-state index is 0.692. The SMILES string of the molecule is C/C=C/c1nc(C)c(C)o1. The van der Waals surface area contributed by atoms with Crippen LogP contribution in [-0.2, 0) is 0 Å². The Balaban J connectivity index is 2.98. The number of rotatable bonds is 1. The summed E-state index contributed by atoms with van der Waals surface area (Å²) in [7, 11) is 0. The first-order valence-electron chi connectivity index (χ1n) is 3.30. The summed E-state index contributed by atoms with van der Waals surface area (Å²) >= 11 is 0. The number of aryl methyl sites for hydroxylation is 2. The molecular weight excluding hydrogens is 126 g/mol. The highest BCUT2D eigenvalue weighted by Crippen LogP contribution is 2.08. The van der Waals surface area contributed by atoms with E-state index in [4.69, 9.17) is 4.42 Å². The first kappa shape index (κ1) is 7.06. The molecule has 2 heteroatoms. The van der Waals surface area contributed by atoms with Crippen molar-refractivity contribution in [1.82, 2.24) is 4.98 Å². The summed E-state index contributed by atoms with van der Waals surface area (Å²) in [6.07, 6.45) is 3.75. The van der Waals surface area contributed by atoms with Crippen LogP contribution in [0.3, 0.4) is 0 Å². The molecule has 0 bridgehead atoms. The Bertz CT molecular complexity index is 228. The second-order valence-corrected chi connectivity index (χ2v) is 2.19. The number of hydrogen-bond acceptors (Lipinski definition) is 2. The topological polar surface area (TPSA) is 26.0 Å². The van der Waals surface area contributed by atoms with Crippen LogP contribution in [0.5, 0.6) is 0 Å². The van der Waals surface area contributed by atoms with Gasteiger partial charge in [-0.1, -0.05) is 6.08 Å². The van der Waals surface area contributed by atoms with Gasteiger partial charge < -0.3 is 4.42 Å². The predicted octanol–water partition coefficient (Wildman–Crippen LogP) is 2.32. The van der Waals surface area contributed by atoms with Crippen molar-refractivity contribution in [3.63, 3.8) is 0 Å². The Morgan fingerprint density at radius 3 is 2.50 bits per heavy atom. The Morgan fingerprint density at radius 1 is 1.40 bits per heavy atom. The molecule has 0 aliphatic rings. The standard InChI is InChI=1S/C8H11NO/c1-4-5-8-9-6(2)7(3)10-8/h4-5H,1-3H3/b5-4+. The molecule has 54 valence electrons. The van der Waals surface area contributed by atoms with Gasteiger partial charge in [0.25, 0.3) is 0 Å². The van der Waals surface area contributed by atoms with Gasteiger partial charge in [0.05, 0.1) is 5.69 Å². The molecule has 0 saturated carbocycles. The van der Waals surface area contributed by atoms with Gasteiger partial charge in [0.1, 0.15) is 5.76 Å². The van der Waals surface area contributed by atoms with Crippen LogP contribution in [0.1, 0.15) is 24.3 Å². The van der Waals surface area contributed by atoms with Gasteiger partial charge in [-0.2, -0.15) is 0 Å². The van der Waals surface area contributed by atoms with Crippen LogP contribution in [0.2, 0.25) is 0 Å². The average Bonchev–Trinajstić information content (AvgIpc) is 2.14. The molecule has 0 atom stereocenters. The highest BCUT2D eigenvalue weighted by atomic mass is 16.4. The Morgan fingerprint density at radius 2 is 2.10 bits per heavy atom. The third-order valence-corrected chi connectivity index (χ3v) is 1.35. The Kier molecular flexibility index (Phi) is 1.90. The van der Waals surface area contributed by atoms with Crippen LogP contribution < -0.4 is 0 Å². The summed E-state index contributed by atoms with van der Waals surface area (Å²) in [6.45, 7) is 5.79. The number of nitrogens with zero attached hydrogens (tertiary/aromatic N) is 1. The van der Waals surface area contributed by atoms with Crippen LogP contribution in [-0.4, -0.2) is 4.98 Å². The Labute approximate surface area is 60.6 Å². The van der Waals surface area contributed by atoms with Crippen LogP contribution in [0, 0.1) is 13.8 Å². The molecule has 0 spiro atoms. The number of allylic oxidation sites excluding steroid dienone is 1. The van der Waals surface area contributed by atoms with E-state index >= 15 is 0 Å². The molecule has 0 aliphatic carbocycles. The number of hydrogen-bond donors (Lipinski definition) is 0. The van der Waals surface area contributed by atoms with Crippen molar-refractivity contribution in [3.8, 4) is 0 Å². The largest absolute Gasteiger partial charge is 0.442 e. The van der Waals surface area contributed by atoms with Crippen molar-refractivity contribution in [2.24, 2.45) is 0 Å². The lowest BCUT2D eigenvalue weighted by Crippen LogP contribution is -1.72. The third kappa shape index (κ3) is 1.26. The summed E-state index contributed by atoms with van der Waals surface area (Å²) < 4.78 is 5.26. The van der Waals surface area contributed by atoms with E-state index < -0.39 is 0 Å². The summed E-state index contributed by atoms with van der Waals surface area (Å²) in [6, 6.07) is 0. The molecule has 0 radical (unpaired) electrons. The summed E-state index contributed by atoms with van der Waals surface area (Å²) in [5.74, 6) is 1.59. The van der Waals surface area contributed by atoms with Crippen molar-refractivity contribution >= 4 is 6.08 Å². The molecule has 0 unspecified atom stereocenters. The summed E-state index contributed by atoms with van der Waals surface area (Å²) in [5, 5.41) is 0. The van der Waals surface area contributed by atoms with Crippen molar-refractivity contribution in [3.05, 3.63) is 23.4 Å². The van der Waals surface area contributed by atoms with Gasteiger partial charge in [0.15, 0.2) is 0 Å². The first-order valence-corrected chi connectivity index (χ1v) is 3.30. The van der Waals surface area contributed by atoms with Gasteiger partial charge in [-0.15, -0.1) is 0 Å². The van der Waals surface area contributed by atoms with E-state index in [0.717, 1.165) is 11.5 Å². The molecule has 0 N–H and O–H groups in total. The van der Waals surface area contributed by atoms with Crippen molar-refractivity contribution in [2.75, 3.05) is 0 Å². The van der Waals surface area contributed by atoms with Gasteiger partial charge in [0.2, 0.25) is 5.89 Å². The molecule has 10 heavy (non-hydrogen) atoms. The smallest absolute Gasteiger partial charge is 0.218 e. The maximum Gasteiger partial charge on any atom is 0.218 e. The Hall–Kier alpha value is -1.05. The lowest BCUT2D eigenvalue weighted by Gasteiger charge is -1.78. The second-order valence-electron chi connectivity index (χ2n) is 2.19. The van der Waals surface area contributed by atoms with E-state index in [2.05, 4.69) is 4.98 Å². The van der Waals surface area contributed by atoms with Crippen molar-refractivity contribution in [1.29, 1.82) is 0 Å². The van der Waals surface area contributed by atoms with Gasteiger partial charge in [-0.05, 0) is 26.8 Å². The van der Waals surface area contributed by atoms with Crippen molar-refractivity contribution in [2.45, 2.75) is 20.8 Å². The van der Waals surface area contributed by atoms with E-state index in [9.17, 15) is 0 Å². The van der Waals surface area contributed by atoms with Gasteiger partial charge >= 0.3 is 0 Å². The zero-order valence-corrected chi connectivity index (χ0v) is 6.51. The molecule has 1 rings (SSSR count). The monoisotopic (exact) mass is 137 g/mol. The fourth-order valence-corrected chi connectivity index (χ4v) is 0.711. The maximum absolute atomic E-state index is 5.26. The van der Waals surface area contributed by atoms with E-state index in [1.165, 1.54) is 0 Å². The zero-order valence-electron chi connectivity index (χ0n) is 6.51. The molecule has 0 saturated heterocycles. The predicted molar refractivity (Wildman–Crippen MR) is 40.7 cm³/mol. The maximum atomic E-state index is 5.26. The fraction of sp³-hybridized carbons (Fsp3) is 0.375. The van der Waals surface area contributed by atoms with E-state index in [1.54, 1.807) is 0 Å². The van der Waals surface area contributed by atoms with Crippen LogP contribution >= 0.6 is 0 Å². The highest BCUT2D eigenvalue weighted by molar-refractivity contribution is 5.37. The minimum atomic E-state index is 0.692. The van der Waals surface area contributed by atoms with E-state index in [-0.39, 0.29) is 0 Å². The molecular formula is C8H11NO. The zero-order chi connectivity index (χ0) is 7.56. The van der Waals surface area contributed by atoms with Gasteiger partial charge in [0, 0.05) is 0 Å². The van der Waals surface area contributed by atoms with Crippen LogP contribution in [0.25, 0.3) is 6.08 Å². The van der Waals surface area contributed by atoms with Gasteiger partial charge in [-0.3, -0.25) is 0 Å². The van der Waals surface area contributed by atoms with Crippen LogP contribution in [0.15, 0.2) is 10.5 Å². The van der Waals surface area contributed by atoms with Crippen molar-refractivity contribution < 1.29 is 4.42 Å². The number of aromatic nitrogens is 1. The van der Waals surface area contributed by atoms with E-state index in [1.807, 2.05) is 32.9 Å². The summed E-state index contributed by atoms with van der Waals surface area (Å²) in [4.78, 5) is 4.15. The molecule has 1 aromatic rings. The third-order valence-electron chi connectivity index (χ3n) is 1.35. The molecule has 1 aromatic heterocycles. The molecule has 0 fully saturated rings. The average molecular weight is 137 g/mol. The molecule has 0 aliphatic heterocycles. The molecule has 2 nitrogen and oxygen atoms in total. The fourth-order valence-electron chi connectivity index (χ4n) is 0.711. The van der Waals surface area contributed by atoms with Crippen LogP contribution in [0.4, 0.5) is 0 Å². The number of oxazole rings is 1. The second kappa shape index (κ2) is 2.69. The lowest BCUT2D eigenvalue weighted by molar-refractivity contribution is 0.515. The molecule has 0 aromatic carbocycles. The quantitative estimate of drug-likeness (QED) is 0.593. The highest BCUT2D eigenvalue weighted by Gasteiger charge is 1.99. The lowest BCUT2D eigenvalue weighted by atomic mass is 10.4. The van der Waals surface area contributed by atoms with Gasteiger partial charge in [-0.25, -0.2) is 4.98 Å². The minimum Gasteiger partial charge on any atom is -0.442 e. The molecule has 0 amide bonds. The normalized spacial score (nSPS) is 11.1. The molecule has 1 heterocycles.